The Morgan fingerprint density at radius 2 is 0.722 bits per heavy atom. The summed E-state index contributed by atoms with van der Waals surface area (Å²) in [6.45, 7) is 9.44. The fourth-order valence-electron chi connectivity index (χ4n) is 2.96. The molecule has 0 radical (unpaired) electrons. The van der Waals surface area contributed by atoms with Crippen molar-refractivity contribution < 1.29 is 0 Å². The minimum atomic E-state index is -0.879. The molecule has 0 spiro atoms. The van der Waals surface area contributed by atoms with Crippen LogP contribution in [0.2, 0.25) is 0 Å². The van der Waals surface area contributed by atoms with E-state index >= 15 is 0 Å². The van der Waals surface area contributed by atoms with Gasteiger partial charge in [-0.25, -0.2) is 0 Å². The van der Waals surface area contributed by atoms with Gasteiger partial charge in [-0.3, -0.25) is 0 Å². The molecule has 0 rings (SSSR count). The zero-order chi connectivity index (χ0) is 13.0. The van der Waals surface area contributed by atoms with Crippen molar-refractivity contribution in [1.82, 2.24) is 0 Å². The van der Waals surface area contributed by atoms with Crippen LogP contribution in [0.4, 0.5) is 0 Å². The summed E-state index contributed by atoms with van der Waals surface area (Å²) >= 11 is 0. The zero-order valence-corrected chi connectivity index (χ0v) is 16.1. The van der Waals surface area contributed by atoms with Crippen LogP contribution < -0.4 is 0 Å². The van der Waals surface area contributed by atoms with E-state index in [2.05, 4.69) is 27.7 Å². The van der Waals surface area contributed by atoms with Crippen molar-refractivity contribution in [2.24, 2.45) is 0 Å². The summed E-state index contributed by atoms with van der Waals surface area (Å²) < 4.78 is 0. The van der Waals surface area contributed by atoms with Gasteiger partial charge in [0.25, 0.3) is 0 Å². The standard InChI is InChI=1S/C16H37P.H3P/c1-5-9-13-17(14-10-6-2,15-11-7-3)16-12-8-4;/h17H,5-16H2,1-4H3;1H3. The monoisotopic (exact) mass is 294 g/mol. The number of rotatable bonds is 12. The fraction of sp³-hybridized carbons (Fsp3) is 1.00. The molecule has 18 heavy (non-hydrogen) atoms. The van der Waals surface area contributed by atoms with Crippen LogP contribution in [0.5, 0.6) is 0 Å². The Morgan fingerprint density at radius 3 is 0.889 bits per heavy atom. The maximum Gasteiger partial charge on any atom is -0.153 e. The van der Waals surface area contributed by atoms with E-state index in [0.29, 0.717) is 0 Å². The SMILES string of the molecule is CCCC[PH](CCCC)(CCCC)CCCC.P. The van der Waals surface area contributed by atoms with E-state index in [0.717, 1.165) is 0 Å². The molecule has 0 saturated carbocycles. The van der Waals surface area contributed by atoms with E-state index in [9.17, 15) is 0 Å². The average Bonchev–Trinajstić information content (AvgIpc) is 2.37. The van der Waals surface area contributed by atoms with Crippen molar-refractivity contribution >= 4 is 17.2 Å². The van der Waals surface area contributed by atoms with Crippen molar-refractivity contribution in [3.05, 3.63) is 0 Å². The van der Waals surface area contributed by atoms with Crippen molar-refractivity contribution in [2.45, 2.75) is 79.1 Å². The number of unbranched alkanes of at least 4 members (excludes halogenated alkanes) is 4. The summed E-state index contributed by atoms with van der Waals surface area (Å²) in [6.07, 6.45) is 18.1. The molecule has 0 aliphatic carbocycles. The maximum absolute atomic E-state index is 2.36. The smallest absolute Gasteiger partial charge is 0.153 e. The Morgan fingerprint density at radius 1 is 0.500 bits per heavy atom. The van der Waals surface area contributed by atoms with Crippen molar-refractivity contribution in [3.8, 4) is 0 Å². The van der Waals surface area contributed by atoms with E-state index in [1.54, 1.807) is 24.6 Å². The Bertz CT molecular complexity index is 120. The molecular weight excluding hydrogens is 254 g/mol. The van der Waals surface area contributed by atoms with Crippen LogP contribution in [0.15, 0.2) is 0 Å². The third-order valence-corrected chi connectivity index (χ3v) is 9.90. The second kappa shape index (κ2) is 14.3. The van der Waals surface area contributed by atoms with Crippen LogP contribution in [-0.4, -0.2) is 24.6 Å². The van der Waals surface area contributed by atoms with E-state index in [1.807, 2.05) is 0 Å². The Balaban J connectivity index is 0. The number of hydrogen-bond donors (Lipinski definition) is 0. The predicted molar refractivity (Wildman–Crippen MR) is 98.5 cm³/mol. The summed E-state index contributed by atoms with van der Waals surface area (Å²) in [7, 11) is -0.879. The minimum Gasteiger partial charge on any atom is -0.153 e. The van der Waals surface area contributed by atoms with Gasteiger partial charge < -0.3 is 0 Å². The molecule has 0 saturated heterocycles. The van der Waals surface area contributed by atoms with Gasteiger partial charge in [0.05, 0.1) is 0 Å². The van der Waals surface area contributed by atoms with Gasteiger partial charge in [0.1, 0.15) is 0 Å². The molecule has 0 aromatic carbocycles. The molecule has 0 heterocycles. The van der Waals surface area contributed by atoms with Gasteiger partial charge >= 0.3 is 111 Å². The molecule has 1 unspecified atom stereocenters. The van der Waals surface area contributed by atoms with E-state index < -0.39 is 7.26 Å². The van der Waals surface area contributed by atoms with E-state index in [-0.39, 0.29) is 9.90 Å². The molecule has 2 heteroatoms. The Labute approximate surface area is 121 Å². The first-order valence-corrected chi connectivity index (χ1v) is 11.1. The third-order valence-electron chi connectivity index (χ3n) is 4.24. The van der Waals surface area contributed by atoms with Crippen LogP contribution in [0.1, 0.15) is 79.1 Å². The molecule has 114 valence electrons. The van der Waals surface area contributed by atoms with Gasteiger partial charge in [0, 0.05) is 0 Å². The van der Waals surface area contributed by atoms with Gasteiger partial charge in [0.15, 0.2) is 0 Å². The minimum absolute atomic E-state index is 0. The summed E-state index contributed by atoms with van der Waals surface area (Å²) in [6, 6.07) is 0. The second-order valence-electron chi connectivity index (χ2n) is 5.91. The maximum atomic E-state index is 2.36. The molecule has 1 atom stereocenters. The molecule has 0 amide bonds. The molecule has 0 aliphatic heterocycles. The third kappa shape index (κ3) is 9.75. The van der Waals surface area contributed by atoms with Gasteiger partial charge in [0.2, 0.25) is 0 Å². The van der Waals surface area contributed by atoms with Gasteiger partial charge in [-0.05, 0) is 0 Å². The summed E-state index contributed by atoms with van der Waals surface area (Å²) in [4.78, 5) is 0. The van der Waals surface area contributed by atoms with Crippen molar-refractivity contribution in [2.75, 3.05) is 24.6 Å². The van der Waals surface area contributed by atoms with E-state index in [1.165, 1.54) is 51.4 Å². The molecule has 0 nitrogen and oxygen atoms in total. The second-order valence-corrected chi connectivity index (χ2v) is 10.9. The largest absolute Gasteiger partial charge is 0.153 e. The van der Waals surface area contributed by atoms with E-state index in [4.69, 9.17) is 0 Å². The Hall–Kier alpha value is 0.860. The first kappa shape index (κ1) is 21.2. The molecule has 0 aliphatic rings. The van der Waals surface area contributed by atoms with Gasteiger partial charge in [-0.15, -0.1) is 0 Å². The molecule has 0 aromatic heterocycles. The van der Waals surface area contributed by atoms with Gasteiger partial charge in [-0.1, -0.05) is 0 Å². The Kier molecular flexibility index (Phi) is 16.8. The van der Waals surface area contributed by atoms with Crippen LogP contribution in [0.25, 0.3) is 0 Å². The molecular formula is C16H40P2. The fourth-order valence-corrected chi connectivity index (χ4v) is 8.87. The van der Waals surface area contributed by atoms with Crippen LogP contribution >= 0.6 is 17.2 Å². The predicted octanol–water partition coefficient (Wildman–Crippen LogP) is 5.99. The normalized spacial score (nSPS) is 12.2. The molecule has 0 bridgehead atoms. The molecule has 0 N–H and O–H groups in total. The quantitative estimate of drug-likeness (QED) is 0.387. The molecule has 0 fully saturated rings. The van der Waals surface area contributed by atoms with Crippen molar-refractivity contribution in [1.29, 1.82) is 0 Å². The van der Waals surface area contributed by atoms with Crippen LogP contribution in [0.3, 0.4) is 0 Å². The summed E-state index contributed by atoms with van der Waals surface area (Å²) in [5, 5.41) is 0. The van der Waals surface area contributed by atoms with Crippen LogP contribution in [-0.2, 0) is 0 Å². The number of hydrogen-bond acceptors (Lipinski definition) is 0. The van der Waals surface area contributed by atoms with Crippen molar-refractivity contribution in [3.63, 3.8) is 0 Å². The van der Waals surface area contributed by atoms with Crippen LogP contribution in [0, 0.1) is 0 Å². The first-order chi connectivity index (χ1) is 8.24. The zero-order valence-electron chi connectivity index (χ0n) is 13.7. The van der Waals surface area contributed by atoms with Gasteiger partial charge in [-0.2, -0.15) is 9.90 Å². The average molecular weight is 294 g/mol. The summed E-state index contributed by atoms with van der Waals surface area (Å²) in [5.74, 6) is 0. The topological polar surface area (TPSA) is 0 Å². The first-order valence-electron chi connectivity index (χ1n) is 8.24. The molecule has 0 aromatic rings. The summed E-state index contributed by atoms with van der Waals surface area (Å²) in [5.41, 5.74) is 0.